The Balaban J connectivity index is 1.78. The maximum Gasteiger partial charge on any atom is 0.511 e. The van der Waals surface area contributed by atoms with Crippen molar-refractivity contribution in [2.45, 2.75) is 0 Å². The summed E-state index contributed by atoms with van der Waals surface area (Å²) in [7, 11) is 1.84. The molecule has 0 aliphatic heterocycles. The van der Waals surface area contributed by atoms with Gasteiger partial charge < -0.3 is 20.6 Å². The van der Waals surface area contributed by atoms with Gasteiger partial charge in [0.05, 0.1) is 22.8 Å². The number of H-pyrrole nitrogens is 1. The molecule has 0 unspecified atom stereocenters. The van der Waals surface area contributed by atoms with E-state index in [2.05, 4.69) is 24.8 Å². The lowest BCUT2D eigenvalue weighted by Gasteiger charge is -2.04. The number of ether oxygens (including phenoxy) is 1. The van der Waals surface area contributed by atoms with Crippen LogP contribution in [0, 0.1) is 0 Å². The smallest absolute Gasteiger partial charge is 0.449 e. The molecule has 0 radical (unpaired) electrons. The largest absolute Gasteiger partial charge is 0.511 e. The van der Waals surface area contributed by atoms with Crippen LogP contribution >= 0.6 is 0 Å². The number of fused-ring (bicyclic) bond motifs is 1. The Morgan fingerprint density at radius 1 is 1.27 bits per heavy atom. The summed E-state index contributed by atoms with van der Waals surface area (Å²) < 4.78 is 6.37. The molecule has 0 spiro atoms. The number of hydrogen-bond donors (Lipinski definition) is 3. The van der Waals surface area contributed by atoms with Gasteiger partial charge in [-0.2, -0.15) is 5.10 Å². The number of nitrogens with one attached hydrogen (secondary N) is 1. The molecule has 0 saturated carbocycles. The molecule has 26 heavy (non-hydrogen) atoms. The van der Waals surface area contributed by atoms with Crippen molar-refractivity contribution in [3.8, 4) is 28.3 Å². The number of rotatable bonds is 3. The van der Waals surface area contributed by atoms with Gasteiger partial charge >= 0.3 is 6.16 Å². The molecule has 0 amide bonds. The van der Waals surface area contributed by atoms with Crippen LogP contribution in [0.3, 0.4) is 0 Å². The van der Waals surface area contributed by atoms with Crippen molar-refractivity contribution in [2.75, 3.05) is 5.73 Å². The average molecular weight is 350 g/mol. The number of nitrogen functional groups attached to an aromatic ring is 1. The second kappa shape index (κ2) is 5.88. The summed E-state index contributed by atoms with van der Waals surface area (Å²) >= 11 is 0. The molecule has 0 saturated heterocycles. The van der Waals surface area contributed by atoms with E-state index >= 15 is 0 Å². The van der Waals surface area contributed by atoms with Gasteiger partial charge in [-0.05, 0) is 18.2 Å². The number of aromatic amines is 1. The lowest BCUT2D eigenvalue weighted by molar-refractivity contribution is 0.144. The standard InChI is InChI=1S/C17H14N6O3/c1-23-8-10(7-20-23)9-4-12(15(18)19-6-9)16-21-13-3-2-11(26-17(24)25)5-14(13)22-16/h2-8H,1H3,(H2,18,19)(H,21,22)(H,24,25). The lowest BCUT2D eigenvalue weighted by Crippen LogP contribution is -2.02. The van der Waals surface area contributed by atoms with Gasteiger partial charge in [0.2, 0.25) is 0 Å². The van der Waals surface area contributed by atoms with Crippen molar-refractivity contribution in [3.05, 3.63) is 42.9 Å². The van der Waals surface area contributed by atoms with Gasteiger partial charge in [0, 0.05) is 36.6 Å². The minimum Gasteiger partial charge on any atom is -0.449 e. The van der Waals surface area contributed by atoms with E-state index in [9.17, 15) is 4.79 Å². The molecule has 3 heterocycles. The van der Waals surface area contributed by atoms with Crippen molar-refractivity contribution in [1.29, 1.82) is 0 Å². The van der Waals surface area contributed by atoms with Crippen LogP contribution in [-0.2, 0) is 7.05 Å². The molecule has 1 aromatic carbocycles. The second-order valence-electron chi connectivity index (χ2n) is 5.69. The maximum absolute atomic E-state index is 10.7. The fourth-order valence-corrected chi connectivity index (χ4v) is 2.67. The van der Waals surface area contributed by atoms with E-state index in [0.717, 1.165) is 11.1 Å². The summed E-state index contributed by atoms with van der Waals surface area (Å²) in [6.45, 7) is 0. The Kier molecular flexibility index (Phi) is 3.54. The number of nitrogens with two attached hydrogens (primary N) is 1. The first-order valence-corrected chi connectivity index (χ1v) is 7.65. The number of carboxylic acid groups (broad SMARTS) is 1. The number of imidazole rings is 1. The molecule has 0 bridgehead atoms. The molecule has 0 aliphatic rings. The SMILES string of the molecule is Cn1cc(-c2cnc(N)c(-c3nc4ccc(OC(=O)O)cc4[nH]3)c2)cn1. The molecule has 130 valence electrons. The van der Waals surface area contributed by atoms with Crippen LogP contribution < -0.4 is 10.5 Å². The fraction of sp³-hybridized carbons (Fsp3) is 0.0588. The van der Waals surface area contributed by atoms with Crippen LogP contribution in [0.5, 0.6) is 5.75 Å². The van der Waals surface area contributed by atoms with E-state index in [1.54, 1.807) is 29.2 Å². The number of hydrogen-bond acceptors (Lipinski definition) is 6. The molecule has 4 N–H and O–H groups in total. The zero-order chi connectivity index (χ0) is 18.3. The third-order valence-corrected chi connectivity index (χ3v) is 3.87. The summed E-state index contributed by atoms with van der Waals surface area (Å²) in [5.41, 5.74) is 9.73. The lowest BCUT2D eigenvalue weighted by atomic mass is 10.1. The first kappa shape index (κ1) is 15.6. The van der Waals surface area contributed by atoms with Gasteiger partial charge in [-0.15, -0.1) is 0 Å². The molecule has 4 rings (SSSR count). The van der Waals surface area contributed by atoms with Crippen molar-refractivity contribution >= 4 is 23.0 Å². The van der Waals surface area contributed by atoms with Gasteiger partial charge in [0.15, 0.2) is 0 Å². The highest BCUT2D eigenvalue weighted by molar-refractivity contribution is 5.84. The Morgan fingerprint density at radius 3 is 2.85 bits per heavy atom. The highest BCUT2D eigenvalue weighted by atomic mass is 16.7. The summed E-state index contributed by atoms with van der Waals surface area (Å²) in [5.74, 6) is 1.07. The molecule has 0 aliphatic carbocycles. The van der Waals surface area contributed by atoms with E-state index in [0.29, 0.717) is 28.2 Å². The highest BCUT2D eigenvalue weighted by Crippen LogP contribution is 2.30. The van der Waals surface area contributed by atoms with Gasteiger partial charge in [0.1, 0.15) is 17.4 Å². The minimum atomic E-state index is -1.37. The number of anilines is 1. The molecule has 0 fully saturated rings. The van der Waals surface area contributed by atoms with E-state index < -0.39 is 6.16 Å². The topological polar surface area (TPSA) is 132 Å². The highest BCUT2D eigenvalue weighted by Gasteiger charge is 2.13. The summed E-state index contributed by atoms with van der Waals surface area (Å²) in [4.78, 5) is 22.5. The normalized spacial score (nSPS) is 11.0. The predicted octanol–water partition coefficient (Wildman–Crippen LogP) is 2.66. The third-order valence-electron chi connectivity index (χ3n) is 3.87. The molecule has 0 atom stereocenters. The Hall–Kier alpha value is -3.88. The van der Waals surface area contributed by atoms with E-state index in [1.807, 2.05) is 19.3 Å². The zero-order valence-corrected chi connectivity index (χ0v) is 13.7. The summed E-state index contributed by atoms with van der Waals surface area (Å²) in [6.07, 6.45) is 3.93. The Labute approximate surface area is 147 Å². The van der Waals surface area contributed by atoms with Crippen LogP contribution in [0.15, 0.2) is 42.9 Å². The molecule has 9 heteroatoms. The third kappa shape index (κ3) is 2.81. The molecule has 4 aromatic rings. The first-order chi connectivity index (χ1) is 12.5. The molecular weight excluding hydrogens is 336 g/mol. The van der Waals surface area contributed by atoms with Crippen molar-refractivity contribution in [1.82, 2.24) is 24.7 Å². The van der Waals surface area contributed by atoms with Crippen LogP contribution in [-0.4, -0.2) is 36.0 Å². The van der Waals surface area contributed by atoms with Crippen LogP contribution in [0.2, 0.25) is 0 Å². The quantitative estimate of drug-likeness (QED) is 0.382. The Bertz CT molecular complexity index is 1130. The van der Waals surface area contributed by atoms with E-state index in [4.69, 9.17) is 10.8 Å². The summed E-state index contributed by atoms with van der Waals surface area (Å²) in [6, 6.07) is 6.65. The fourth-order valence-electron chi connectivity index (χ4n) is 2.67. The van der Waals surface area contributed by atoms with Crippen LogP contribution in [0.1, 0.15) is 0 Å². The predicted molar refractivity (Wildman–Crippen MR) is 94.6 cm³/mol. The average Bonchev–Trinajstić information content (AvgIpc) is 3.20. The molecule has 3 aromatic heterocycles. The molecule has 9 nitrogen and oxygen atoms in total. The number of nitrogens with zero attached hydrogens (tertiary/aromatic N) is 4. The number of aryl methyl sites for hydroxylation is 1. The number of benzene rings is 1. The monoisotopic (exact) mass is 350 g/mol. The zero-order valence-electron chi connectivity index (χ0n) is 13.7. The van der Waals surface area contributed by atoms with Crippen LogP contribution in [0.4, 0.5) is 10.6 Å². The number of pyridine rings is 1. The first-order valence-electron chi connectivity index (χ1n) is 7.65. The van der Waals surface area contributed by atoms with Crippen molar-refractivity contribution < 1.29 is 14.6 Å². The van der Waals surface area contributed by atoms with Gasteiger partial charge in [0.25, 0.3) is 0 Å². The van der Waals surface area contributed by atoms with Gasteiger partial charge in [-0.3, -0.25) is 4.68 Å². The number of aromatic nitrogens is 5. The van der Waals surface area contributed by atoms with Crippen molar-refractivity contribution in [3.63, 3.8) is 0 Å². The Morgan fingerprint density at radius 2 is 2.12 bits per heavy atom. The maximum atomic E-state index is 10.7. The molecular formula is C17H14N6O3. The van der Waals surface area contributed by atoms with E-state index in [-0.39, 0.29) is 5.75 Å². The second-order valence-corrected chi connectivity index (χ2v) is 5.69. The van der Waals surface area contributed by atoms with Gasteiger partial charge in [-0.25, -0.2) is 14.8 Å². The van der Waals surface area contributed by atoms with E-state index in [1.165, 1.54) is 6.07 Å². The van der Waals surface area contributed by atoms with Crippen molar-refractivity contribution in [2.24, 2.45) is 7.05 Å². The summed E-state index contributed by atoms with van der Waals surface area (Å²) in [5, 5.41) is 12.9. The minimum absolute atomic E-state index is 0.204. The van der Waals surface area contributed by atoms with Crippen LogP contribution in [0.25, 0.3) is 33.5 Å². The van der Waals surface area contributed by atoms with Gasteiger partial charge in [-0.1, -0.05) is 0 Å². The number of carbonyl (C=O) groups is 1.